The molecule has 0 aliphatic heterocycles. The number of hydrogen-bond donors (Lipinski definition) is 4. The Morgan fingerprint density at radius 1 is 1.19 bits per heavy atom. The second-order valence-electron chi connectivity index (χ2n) is 4.59. The van der Waals surface area contributed by atoms with Gasteiger partial charge in [-0.15, -0.1) is 0 Å². The Kier molecular flexibility index (Phi) is 6.19. The number of urea groups is 1. The second kappa shape index (κ2) is 7.88. The van der Waals surface area contributed by atoms with Crippen LogP contribution in [0.1, 0.15) is 24.8 Å². The van der Waals surface area contributed by atoms with Crippen LogP contribution in [0.5, 0.6) is 0 Å². The van der Waals surface area contributed by atoms with E-state index in [0.29, 0.717) is 5.69 Å². The van der Waals surface area contributed by atoms with Gasteiger partial charge in [-0.3, -0.25) is 4.79 Å². The molecule has 0 spiro atoms. The number of carboxylic acids is 2. The number of amides is 2. The number of carbonyl (C=O) groups is 3. The second-order valence-corrected chi connectivity index (χ2v) is 4.59. The number of carboxylic acid groups (broad SMARTS) is 2. The average Bonchev–Trinajstić information content (AvgIpc) is 2.39. The van der Waals surface area contributed by atoms with E-state index in [1.54, 1.807) is 12.1 Å². The number of rotatable bonds is 7. The van der Waals surface area contributed by atoms with E-state index in [2.05, 4.69) is 10.6 Å². The molecule has 114 valence electrons. The third kappa shape index (κ3) is 5.94. The van der Waals surface area contributed by atoms with E-state index in [4.69, 9.17) is 10.2 Å². The van der Waals surface area contributed by atoms with Crippen molar-refractivity contribution in [1.29, 1.82) is 0 Å². The van der Waals surface area contributed by atoms with Gasteiger partial charge in [0.15, 0.2) is 0 Å². The van der Waals surface area contributed by atoms with Crippen LogP contribution in [0, 0.1) is 6.92 Å². The van der Waals surface area contributed by atoms with Crippen LogP contribution in [0.25, 0.3) is 0 Å². The van der Waals surface area contributed by atoms with E-state index < -0.39 is 24.0 Å². The van der Waals surface area contributed by atoms with Crippen molar-refractivity contribution in [3.05, 3.63) is 29.8 Å². The van der Waals surface area contributed by atoms with Gasteiger partial charge in [0, 0.05) is 12.1 Å². The number of aliphatic carboxylic acids is 2. The number of para-hydroxylation sites is 1. The SMILES string of the molecule is Cc1ccccc1NC(=O)N[C@H](CCCC(=O)O)C(=O)O. The van der Waals surface area contributed by atoms with Crippen LogP contribution >= 0.6 is 0 Å². The van der Waals surface area contributed by atoms with E-state index in [1.165, 1.54) is 0 Å². The van der Waals surface area contributed by atoms with Crippen LogP contribution < -0.4 is 10.6 Å². The third-order valence-electron chi connectivity index (χ3n) is 2.88. The van der Waals surface area contributed by atoms with Gasteiger partial charge in [-0.25, -0.2) is 9.59 Å². The molecule has 0 aromatic heterocycles. The van der Waals surface area contributed by atoms with Crippen LogP contribution in [0.4, 0.5) is 10.5 Å². The van der Waals surface area contributed by atoms with Gasteiger partial charge < -0.3 is 20.8 Å². The molecule has 1 atom stereocenters. The molecule has 0 fully saturated rings. The lowest BCUT2D eigenvalue weighted by Gasteiger charge is -2.15. The third-order valence-corrected chi connectivity index (χ3v) is 2.88. The zero-order chi connectivity index (χ0) is 15.8. The maximum absolute atomic E-state index is 11.8. The number of hydrogen-bond acceptors (Lipinski definition) is 3. The topological polar surface area (TPSA) is 116 Å². The van der Waals surface area contributed by atoms with Gasteiger partial charge in [-0.2, -0.15) is 0 Å². The minimum Gasteiger partial charge on any atom is -0.481 e. The Hall–Kier alpha value is -2.57. The molecule has 0 aliphatic carbocycles. The predicted molar refractivity (Wildman–Crippen MR) is 76.2 cm³/mol. The highest BCUT2D eigenvalue weighted by molar-refractivity contribution is 5.92. The van der Waals surface area contributed by atoms with Crippen molar-refractivity contribution in [2.75, 3.05) is 5.32 Å². The summed E-state index contributed by atoms with van der Waals surface area (Å²) in [5, 5.41) is 22.4. The normalized spacial score (nSPS) is 11.5. The van der Waals surface area contributed by atoms with Gasteiger partial charge in [-0.1, -0.05) is 18.2 Å². The minimum atomic E-state index is -1.19. The number of nitrogens with one attached hydrogen (secondary N) is 2. The fourth-order valence-corrected chi connectivity index (χ4v) is 1.74. The van der Waals surface area contributed by atoms with E-state index in [9.17, 15) is 14.4 Å². The summed E-state index contributed by atoms with van der Waals surface area (Å²) in [5.41, 5.74) is 1.44. The number of benzene rings is 1. The molecule has 0 aliphatic rings. The molecule has 0 saturated carbocycles. The molecule has 1 aromatic rings. The molecule has 2 amide bonds. The van der Waals surface area contributed by atoms with Gasteiger partial charge in [0.1, 0.15) is 6.04 Å². The average molecular weight is 294 g/mol. The van der Waals surface area contributed by atoms with Gasteiger partial charge in [0.2, 0.25) is 0 Å². The van der Waals surface area contributed by atoms with Gasteiger partial charge in [0.25, 0.3) is 0 Å². The molecule has 21 heavy (non-hydrogen) atoms. The van der Waals surface area contributed by atoms with E-state index in [0.717, 1.165) is 5.56 Å². The van der Waals surface area contributed by atoms with Crippen molar-refractivity contribution in [2.24, 2.45) is 0 Å². The standard InChI is InChI=1S/C14H18N2O5/c1-9-5-2-3-6-10(9)15-14(21)16-11(13(19)20)7-4-8-12(17)18/h2-3,5-6,11H,4,7-8H2,1H3,(H,17,18)(H,19,20)(H2,15,16,21)/t11-/m1/s1. The summed E-state index contributed by atoms with van der Waals surface area (Å²) in [6.45, 7) is 1.82. The first kappa shape index (κ1) is 16.5. The number of carbonyl (C=O) groups excluding carboxylic acids is 1. The van der Waals surface area contributed by atoms with Crippen LogP contribution in [0.15, 0.2) is 24.3 Å². The largest absolute Gasteiger partial charge is 0.481 e. The molecular formula is C14H18N2O5. The highest BCUT2D eigenvalue weighted by atomic mass is 16.4. The smallest absolute Gasteiger partial charge is 0.326 e. The first-order valence-corrected chi connectivity index (χ1v) is 6.48. The summed E-state index contributed by atoms with van der Waals surface area (Å²) in [6.07, 6.45) is 0.102. The monoisotopic (exact) mass is 294 g/mol. The maximum Gasteiger partial charge on any atom is 0.326 e. The molecule has 0 heterocycles. The molecule has 4 N–H and O–H groups in total. The van der Waals surface area contributed by atoms with Crippen molar-refractivity contribution in [1.82, 2.24) is 5.32 Å². The summed E-state index contributed by atoms with van der Waals surface area (Å²) in [7, 11) is 0. The van der Waals surface area contributed by atoms with Crippen LogP contribution in [-0.2, 0) is 9.59 Å². The summed E-state index contributed by atoms with van der Waals surface area (Å²) >= 11 is 0. The van der Waals surface area contributed by atoms with E-state index in [1.807, 2.05) is 19.1 Å². The molecule has 0 unspecified atom stereocenters. The van der Waals surface area contributed by atoms with Gasteiger partial charge >= 0.3 is 18.0 Å². The molecule has 1 rings (SSSR count). The highest BCUT2D eigenvalue weighted by Crippen LogP contribution is 2.13. The van der Waals surface area contributed by atoms with E-state index >= 15 is 0 Å². The van der Waals surface area contributed by atoms with Crippen molar-refractivity contribution in [3.8, 4) is 0 Å². The fourth-order valence-electron chi connectivity index (χ4n) is 1.74. The Morgan fingerprint density at radius 2 is 1.86 bits per heavy atom. The predicted octanol–water partition coefficient (Wildman–Crippen LogP) is 1.82. The summed E-state index contributed by atoms with van der Waals surface area (Å²) in [4.78, 5) is 33.2. The van der Waals surface area contributed by atoms with Crippen LogP contribution in [0.2, 0.25) is 0 Å². The van der Waals surface area contributed by atoms with Crippen molar-refractivity contribution in [2.45, 2.75) is 32.2 Å². The van der Waals surface area contributed by atoms with Gasteiger partial charge in [-0.05, 0) is 31.4 Å². The zero-order valence-electron chi connectivity index (χ0n) is 11.6. The van der Waals surface area contributed by atoms with Crippen molar-refractivity contribution in [3.63, 3.8) is 0 Å². The summed E-state index contributed by atoms with van der Waals surface area (Å²) < 4.78 is 0. The molecule has 1 aromatic carbocycles. The first-order valence-electron chi connectivity index (χ1n) is 6.48. The Morgan fingerprint density at radius 3 is 2.43 bits per heavy atom. The lowest BCUT2D eigenvalue weighted by Crippen LogP contribution is -2.43. The molecule has 0 saturated heterocycles. The number of aryl methyl sites for hydroxylation is 1. The Labute approximate surface area is 122 Å². The number of anilines is 1. The van der Waals surface area contributed by atoms with Crippen LogP contribution in [0.3, 0.4) is 0 Å². The van der Waals surface area contributed by atoms with Crippen molar-refractivity contribution < 1.29 is 24.6 Å². The Bertz CT molecular complexity index is 530. The van der Waals surface area contributed by atoms with Crippen LogP contribution in [-0.4, -0.2) is 34.2 Å². The highest BCUT2D eigenvalue weighted by Gasteiger charge is 2.20. The lowest BCUT2D eigenvalue weighted by molar-refractivity contribution is -0.140. The molecule has 0 bridgehead atoms. The molecule has 0 radical (unpaired) electrons. The van der Waals surface area contributed by atoms with E-state index in [-0.39, 0.29) is 19.3 Å². The molecule has 7 heteroatoms. The molecular weight excluding hydrogens is 276 g/mol. The van der Waals surface area contributed by atoms with Gasteiger partial charge in [0.05, 0.1) is 0 Å². The van der Waals surface area contributed by atoms with Crippen molar-refractivity contribution >= 4 is 23.7 Å². The lowest BCUT2D eigenvalue weighted by atomic mass is 10.1. The summed E-state index contributed by atoms with van der Waals surface area (Å²) in [5.74, 6) is -2.19. The first-order chi connectivity index (χ1) is 9.90. The minimum absolute atomic E-state index is 0.0584. The maximum atomic E-state index is 11.8. The quantitative estimate of drug-likeness (QED) is 0.612. The fraction of sp³-hybridized carbons (Fsp3) is 0.357. The molecule has 7 nitrogen and oxygen atoms in total. The summed E-state index contributed by atoms with van der Waals surface area (Å²) in [6, 6.07) is 5.35. The zero-order valence-corrected chi connectivity index (χ0v) is 11.6. The Balaban J connectivity index is 2.54.